The highest BCUT2D eigenvalue weighted by Crippen LogP contribution is 2.28. The SMILES string of the molecule is CC(C)C[C@H]1NC(=O)[C@H](CC(C)C)N(C)C(=O)[C@H](CC(C)C)N(C)C(=O)[C@H](Cc2ccc(O)cc2)NC(=O)[C@@H]2CCCN2C(=O)[C@H]2CCCN2C1=O. The topological polar surface area (TPSA) is 160 Å². The highest BCUT2D eigenvalue weighted by Gasteiger charge is 2.45. The fourth-order valence-corrected chi connectivity index (χ4v) is 7.83. The second-order valence-corrected chi connectivity index (χ2v) is 16.2. The van der Waals surface area contributed by atoms with Crippen molar-refractivity contribution in [1.29, 1.82) is 0 Å². The summed E-state index contributed by atoms with van der Waals surface area (Å²) in [4.78, 5) is 91.7. The monoisotopic (exact) mass is 724 g/mol. The lowest BCUT2D eigenvalue weighted by Crippen LogP contribution is -2.62. The van der Waals surface area contributed by atoms with Crippen molar-refractivity contribution < 1.29 is 33.9 Å². The molecule has 0 spiro atoms. The molecule has 52 heavy (non-hydrogen) atoms. The van der Waals surface area contributed by atoms with Crippen molar-refractivity contribution in [2.75, 3.05) is 27.2 Å². The van der Waals surface area contributed by atoms with Crippen LogP contribution in [0, 0.1) is 17.8 Å². The predicted octanol–water partition coefficient (Wildman–Crippen LogP) is 2.69. The van der Waals surface area contributed by atoms with Crippen LogP contribution in [-0.2, 0) is 35.2 Å². The summed E-state index contributed by atoms with van der Waals surface area (Å²) in [6.07, 6.45) is 3.08. The Labute approximate surface area is 308 Å². The van der Waals surface area contributed by atoms with Gasteiger partial charge in [-0.3, -0.25) is 28.8 Å². The summed E-state index contributed by atoms with van der Waals surface area (Å²) in [7, 11) is 3.11. The smallest absolute Gasteiger partial charge is 0.246 e. The molecule has 288 valence electrons. The molecule has 13 heteroatoms. The van der Waals surface area contributed by atoms with Crippen molar-refractivity contribution in [2.45, 2.75) is 129 Å². The van der Waals surface area contributed by atoms with Crippen LogP contribution < -0.4 is 10.6 Å². The number of benzene rings is 1. The van der Waals surface area contributed by atoms with Crippen molar-refractivity contribution in [3.63, 3.8) is 0 Å². The second-order valence-electron chi connectivity index (χ2n) is 16.2. The maximum absolute atomic E-state index is 14.5. The number of nitrogens with one attached hydrogen (secondary N) is 2. The van der Waals surface area contributed by atoms with E-state index in [9.17, 15) is 33.9 Å². The van der Waals surface area contributed by atoms with Crippen molar-refractivity contribution in [2.24, 2.45) is 17.8 Å². The molecule has 3 heterocycles. The predicted molar refractivity (Wildman–Crippen MR) is 197 cm³/mol. The van der Waals surface area contributed by atoms with E-state index < -0.39 is 59.9 Å². The number of carbonyl (C=O) groups excluding carboxylic acids is 6. The van der Waals surface area contributed by atoms with Gasteiger partial charge in [0.05, 0.1) is 0 Å². The first-order valence-electron chi connectivity index (χ1n) is 19.0. The van der Waals surface area contributed by atoms with Crippen LogP contribution in [0.1, 0.15) is 92.1 Å². The average molecular weight is 725 g/mol. The molecule has 3 fully saturated rings. The summed E-state index contributed by atoms with van der Waals surface area (Å²) in [6.45, 7) is 12.4. The van der Waals surface area contributed by atoms with E-state index in [1.54, 1.807) is 31.1 Å². The Kier molecular flexibility index (Phi) is 13.7. The Bertz CT molecular complexity index is 1460. The molecular formula is C39H60N6O7. The maximum atomic E-state index is 14.5. The fourth-order valence-electron chi connectivity index (χ4n) is 7.83. The Hall–Kier alpha value is -4.16. The largest absolute Gasteiger partial charge is 0.508 e. The Balaban J connectivity index is 1.82. The van der Waals surface area contributed by atoms with Gasteiger partial charge in [0, 0.05) is 33.6 Å². The normalized spacial score (nSPS) is 27.3. The van der Waals surface area contributed by atoms with Gasteiger partial charge in [-0.1, -0.05) is 53.7 Å². The van der Waals surface area contributed by atoms with Gasteiger partial charge in [-0.25, -0.2) is 0 Å². The maximum Gasteiger partial charge on any atom is 0.246 e. The summed E-state index contributed by atoms with van der Waals surface area (Å²) < 4.78 is 0. The average Bonchev–Trinajstić information content (AvgIpc) is 3.78. The van der Waals surface area contributed by atoms with E-state index in [1.165, 1.54) is 26.8 Å². The van der Waals surface area contributed by atoms with Gasteiger partial charge in [0.15, 0.2) is 0 Å². The van der Waals surface area contributed by atoms with E-state index in [-0.39, 0.29) is 41.7 Å². The molecule has 6 amide bonds. The summed E-state index contributed by atoms with van der Waals surface area (Å²) >= 11 is 0. The molecule has 6 atom stereocenters. The third kappa shape index (κ3) is 9.63. The third-order valence-corrected chi connectivity index (χ3v) is 10.6. The minimum Gasteiger partial charge on any atom is -0.508 e. The lowest BCUT2D eigenvalue weighted by atomic mass is 9.96. The highest BCUT2D eigenvalue weighted by molar-refractivity contribution is 5.98. The number of amides is 6. The first-order chi connectivity index (χ1) is 24.5. The molecule has 3 saturated heterocycles. The molecule has 4 rings (SSSR count). The van der Waals surface area contributed by atoms with Gasteiger partial charge in [0.25, 0.3) is 0 Å². The summed E-state index contributed by atoms with van der Waals surface area (Å²) in [5, 5.41) is 15.8. The van der Waals surface area contributed by atoms with Crippen molar-refractivity contribution in [3.8, 4) is 5.75 Å². The number of phenols is 1. The lowest BCUT2D eigenvalue weighted by molar-refractivity contribution is -0.152. The molecule has 0 radical (unpaired) electrons. The zero-order chi connectivity index (χ0) is 38.4. The number of rotatable bonds is 8. The van der Waals surface area contributed by atoms with Crippen LogP contribution in [0.3, 0.4) is 0 Å². The molecule has 3 N–H and O–H groups in total. The Morgan fingerprint density at radius 3 is 1.69 bits per heavy atom. The van der Waals surface area contributed by atoms with E-state index in [0.29, 0.717) is 63.6 Å². The van der Waals surface area contributed by atoms with Crippen molar-refractivity contribution in [1.82, 2.24) is 30.2 Å². The van der Waals surface area contributed by atoms with E-state index in [4.69, 9.17) is 0 Å². The number of fused-ring (bicyclic) bond motifs is 2. The molecule has 0 unspecified atom stereocenters. The first-order valence-corrected chi connectivity index (χ1v) is 19.0. The van der Waals surface area contributed by atoms with Gasteiger partial charge < -0.3 is 35.3 Å². The summed E-state index contributed by atoms with van der Waals surface area (Å²) in [5.74, 6) is -2.36. The van der Waals surface area contributed by atoms with Crippen molar-refractivity contribution >= 4 is 35.4 Å². The van der Waals surface area contributed by atoms with E-state index in [2.05, 4.69) is 10.6 Å². The van der Waals surface area contributed by atoms with Gasteiger partial charge in [-0.15, -0.1) is 0 Å². The van der Waals surface area contributed by atoms with Crippen molar-refractivity contribution in [3.05, 3.63) is 29.8 Å². The molecule has 13 nitrogen and oxygen atoms in total. The minimum absolute atomic E-state index is 0.00233. The number of nitrogens with zero attached hydrogens (tertiary/aromatic N) is 4. The van der Waals surface area contributed by atoms with Crippen LogP contribution in [0.25, 0.3) is 0 Å². The first kappa shape index (κ1) is 40.6. The van der Waals surface area contributed by atoms with Gasteiger partial charge in [-0.05, 0) is 80.4 Å². The standard InChI is InChI=1S/C39H60N6O7/c1-23(2)19-28-37(50)45-18-10-12-31(45)39(52)44-17-9-11-30(44)34(47)41-29(22-26-13-15-27(46)16-14-26)36(49)43(8)33(21-25(5)6)38(51)42(7)32(20-24(3)4)35(48)40-28/h13-16,23-25,28-33,46H,9-12,17-22H2,1-8H3,(H,40,48)(H,41,47)/t28-,29+,30+,31-,32+,33+/m1/s1. The number of phenolic OH excluding ortho intramolecular Hbond substituents is 1. The second kappa shape index (κ2) is 17.6. The summed E-state index contributed by atoms with van der Waals surface area (Å²) in [6, 6.07) is 0.837. The van der Waals surface area contributed by atoms with Crippen LogP contribution in [0.2, 0.25) is 0 Å². The molecule has 0 saturated carbocycles. The lowest BCUT2D eigenvalue weighted by Gasteiger charge is -2.38. The van der Waals surface area contributed by atoms with Crippen LogP contribution in [-0.4, -0.2) is 124 Å². The molecule has 0 aliphatic carbocycles. The number of aromatic hydroxyl groups is 1. The number of hydrogen-bond donors (Lipinski definition) is 3. The van der Waals surface area contributed by atoms with Crippen LogP contribution >= 0.6 is 0 Å². The van der Waals surface area contributed by atoms with Crippen LogP contribution in [0.4, 0.5) is 0 Å². The molecule has 1 aromatic carbocycles. The molecule has 3 aliphatic heterocycles. The summed E-state index contributed by atoms with van der Waals surface area (Å²) in [5.41, 5.74) is 0.680. The number of carbonyl (C=O) groups is 6. The minimum atomic E-state index is -1.10. The van der Waals surface area contributed by atoms with E-state index in [0.717, 1.165) is 0 Å². The quantitative estimate of drug-likeness (QED) is 0.372. The van der Waals surface area contributed by atoms with Gasteiger partial charge >= 0.3 is 0 Å². The number of hydrogen-bond acceptors (Lipinski definition) is 7. The Morgan fingerprint density at radius 2 is 1.12 bits per heavy atom. The number of likely N-dealkylation sites (N-methyl/N-ethyl adjacent to an activating group) is 2. The fraction of sp³-hybridized carbons (Fsp3) is 0.692. The Morgan fingerprint density at radius 1 is 0.615 bits per heavy atom. The van der Waals surface area contributed by atoms with E-state index in [1.807, 2.05) is 41.5 Å². The zero-order valence-electron chi connectivity index (χ0n) is 32.3. The molecule has 0 bridgehead atoms. The van der Waals surface area contributed by atoms with Gasteiger partial charge in [0.2, 0.25) is 35.4 Å². The van der Waals surface area contributed by atoms with Gasteiger partial charge in [0.1, 0.15) is 42.0 Å². The van der Waals surface area contributed by atoms with Crippen LogP contribution in [0.5, 0.6) is 5.75 Å². The van der Waals surface area contributed by atoms with Crippen LogP contribution in [0.15, 0.2) is 24.3 Å². The third-order valence-electron chi connectivity index (χ3n) is 10.6. The highest BCUT2D eigenvalue weighted by atomic mass is 16.3. The molecular weight excluding hydrogens is 664 g/mol. The zero-order valence-corrected chi connectivity index (χ0v) is 32.3. The molecule has 3 aliphatic rings. The van der Waals surface area contributed by atoms with E-state index >= 15 is 0 Å². The van der Waals surface area contributed by atoms with Gasteiger partial charge in [-0.2, -0.15) is 0 Å². The molecule has 1 aromatic rings. The molecule has 0 aromatic heterocycles.